The van der Waals surface area contributed by atoms with Crippen molar-refractivity contribution in [3.8, 4) is 0 Å². The van der Waals surface area contributed by atoms with Gasteiger partial charge >= 0.3 is 0 Å². The maximum absolute atomic E-state index is 8.52. The smallest absolute Gasteiger partial charge is 0.137 e. The number of nitrogens with one attached hydrogen (secondary N) is 2. The fourth-order valence-electron chi connectivity index (χ4n) is 2.66. The van der Waals surface area contributed by atoms with Gasteiger partial charge in [-0.1, -0.05) is 37.2 Å². The van der Waals surface area contributed by atoms with Crippen molar-refractivity contribution in [2.75, 3.05) is 6.61 Å². The number of allylic oxidation sites excluding steroid dienone is 2. The van der Waals surface area contributed by atoms with E-state index in [9.17, 15) is 0 Å². The second kappa shape index (κ2) is 7.69. The van der Waals surface area contributed by atoms with Crippen LogP contribution < -0.4 is 5.32 Å². The van der Waals surface area contributed by atoms with Crippen LogP contribution in [-0.4, -0.2) is 18.4 Å². The van der Waals surface area contributed by atoms with Crippen molar-refractivity contribution in [3.63, 3.8) is 0 Å². The second-order valence-corrected chi connectivity index (χ2v) is 6.40. The lowest BCUT2D eigenvalue weighted by atomic mass is 9.88. The maximum atomic E-state index is 8.52. The third kappa shape index (κ3) is 4.61. The van der Waals surface area contributed by atoms with Crippen LogP contribution in [0.5, 0.6) is 0 Å². The Morgan fingerprint density at radius 3 is 2.52 bits per heavy atom. The number of rotatable bonds is 8. The minimum absolute atomic E-state index is 0.0585. The first-order valence-electron chi connectivity index (χ1n) is 8.07. The molecule has 1 unspecified atom stereocenters. The normalized spacial score (nSPS) is 16.3. The molecule has 2 rings (SSSR count). The zero-order chi connectivity index (χ0) is 17.0. The van der Waals surface area contributed by atoms with Gasteiger partial charge in [-0.3, -0.25) is 5.41 Å². The molecule has 23 heavy (non-hydrogen) atoms. The van der Waals surface area contributed by atoms with E-state index in [1.165, 1.54) is 12.8 Å². The van der Waals surface area contributed by atoms with Crippen LogP contribution in [0, 0.1) is 5.41 Å². The molecule has 0 aromatic heterocycles. The van der Waals surface area contributed by atoms with Gasteiger partial charge < -0.3 is 10.1 Å². The molecule has 1 aliphatic carbocycles. The fraction of sp³-hybridized carbons (Fsp3) is 0.421. The molecule has 1 aromatic rings. The van der Waals surface area contributed by atoms with Gasteiger partial charge in [-0.15, -0.1) is 0 Å². The molecule has 1 fully saturated rings. The Kier molecular flexibility index (Phi) is 5.89. The highest BCUT2D eigenvalue weighted by Crippen LogP contribution is 2.31. The molecule has 0 saturated heterocycles. The molecule has 1 aliphatic rings. The van der Waals surface area contributed by atoms with Crippen molar-refractivity contribution in [1.29, 1.82) is 5.41 Å². The Hall–Kier alpha value is -1.74. The average Bonchev–Trinajstić information content (AvgIpc) is 3.32. The monoisotopic (exact) mass is 332 g/mol. The minimum Gasteiger partial charge on any atom is -0.492 e. The van der Waals surface area contributed by atoms with Gasteiger partial charge in [0.05, 0.1) is 6.61 Å². The van der Waals surface area contributed by atoms with Crippen LogP contribution in [0.25, 0.3) is 0 Å². The highest BCUT2D eigenvalue weighted by atomic mass is 35.5. The highest BCUT2D eigenvalue weighted by Gasteiger charge is 2.26. The van der Waals surface area contributed by atoms with Gasteiger partial charge in [0.25, 0.3) is 0 Å². The van der Waals surface area contributed by atoms with Crippen molar-refractivity contribution in [2.45, 2.75) is 45.6 Å². The van der Waals surface area contributed by atoms with Crippen molar-refractivity contribution in [2.24, 2.45) is 0 Å². The molecule has 3 nitrogen and oxygen atoms in total. The van der Waals surface area contributed by atoms with Crippen LogP contribution >= 0.6 is 11.6 Å². The Morgan fingerprint density at radius 2 is 2.00 bits per heavy atom. The number of halogens is 1. The topological polar surface area (TPSA) is 45.1 Å². The first-order valence-corrected chi connectivity index (χ1v) is 8.45. The molecule has 0 heterocycles. The molecular weight excluding hydrogens is 308 g/mol. The Bertz CT molecular complexity index is 615. The van der Waals surface area contributed by atoms with E-state index >= 15 is 0 Å². The second-order valence-electron chi connectivity index (χ2n) is 5.96. The highest BCUT2D eigenvalue weighted by molar-refractivity contribution is 6.30. The zero-order valence-corrected chi connectivity index (χ0v) is 14.8. The van der Waals surface area contributed by atoms with Crippen LogP contribution in [0.15, 0.2) is 47.9 Å². The standard InChI is InChI=1S/C19H25ClN2O/c1-5-23-14(4)19(21)18(13(3)22-17-10-11-17)12(2)15-6-8-16(20)9-7-15/h6-9,12,17,21-22H,4-5,10-11H2,1-3H3/b18-13-,21-19?. The summed E-state index contributed by atoms with van der Waals surface area (Å²) in [5.41, 5.74) is 3.44. The van der Waals surface area contributed by atoms with Gasteiger partial charge in [-0.2, -0.15) is 0 Å². The fourth-order valence-corrected chi connectivity index (χ4v) is 2.78. The summed E-state index contributed by atoms with van der Waals surface area (Å²) in [6.45, 7) is 10.5. The summed E-state index contributed by atoms with van der Waals surface area (Å²) in [6, 6.07) is 8.32. The minimum atomic E-state index is 0.0585. The summed E-state index contributed by atoms with van der Waals surface area (Å²) in [7, 11) is 0. The Balaban J connectivity index is 2.33. The van der Waals surface area contributed by atoms with Gasteiger partial charge in [-0.25, -0.2) is 0 Å². The van der Waals surface area contributed by atoms with Crippen molar-refractivity contribution >= 4 is 17.3 Å². The molecule has 2 N–H and O–H groups in total. The van der Waals surface area contributed by atoms with Gasteiger partial charge in [0.15, 0.2) is 0 Å². The molecule has 0 radical (unpaired) electrons. The lowest BCUT2D eigenvalue weighted by Gasteiger charge is -2.22. The summed E-state index contributed by atoms with van der Waals surface area (Å²) >= 11 is 5.99. The van der Waals surface area contributed by atoms with E-state index < -0.39 is 0 Å². The molecule has 0 aliphatic heterocycles. The third-order valence-corrected chi connectivity index (χ3v) is 4.32. The summed E-state index contributed by atoms with van der Waals surface area (Å²) in [5, 5.41) is 12.7. The quantitative estimate of drug-likeness (QED) is 0.517. The van der Waals surface area contributed by atoms with Crippen molar-refractivity contribution < 1.29 is 4.74 Å². The lowest BCUT2D eigenvalue weighted by molar-refractivity contribution is 0.250. The first-order chi connectivity index (χ1) is 10.9. The lowest BCUT2D eigenvalue weighted by Crippen LogP contribution is -2.22. The zero-order valence-electron chi connectivity index (χ0n) is 14.1. The molecule has 1 saturated carbocycles. The predicted octanol–water partition coefficient (Wildman–Crippen LogP) is 5.04. The number of ether oxygens (including phenoxy) is 1. The number of hydrogen-bond donors (Lipinski definition) is 2. The van der Waals surface area contributed by atoms with E-state index in [-0.39, 0.29) is 5.92 Å². The SMILES string of the molecule is C=C(OCC)C(=N)/C(=C(/C)NC1CC1)C(C)c1ccc(Cl)cc1. The summed E-state index contributed by atoms with van der Waals surface area (Å²) < 4.78 is 5.46. The van der Waals surface area contributed by atoms with E-state index in [1.54, 1.807) is 0 Å². The van der Waals surface area contributed by atoms with Crippen LogP contribution in [0.4, 0.5) is 0 Å². The van der Waals surface area contributed by atoms with Gasteiger partial charge in [0.1, 0.15) is 11.5 Å². The van der Waals surface area contributed by atoms with E-state index in [0.29, 0.717) is 29.1 Å². The molecule has 1 aromatic carbocycles. The summed E-state index contributed by atoms with van der Waals surface area (Å²) in [5.74, 6) is 0.475. The Labute approximate surface area is 143 Å². The van der Waals surface area contributed by atoms with Crippen LogP contribution in [0.3, 0.4) is 0 Å². The first kappa shape index (κ1) is 17.6. The van der Waals surface area contributed by atoms with Crippen molar-refractivity contribution in [1.82, 2.24) is 5.32 Å². The molecule has 0 amide bonds. The van der Waals surface area contributed by atoms with Crippen molar-refractivity contribution in [3.05, 3.63) is 58.5 Å². The maximum Gasteiger partial charge on any atom is 0.137 e. The van der Waals surface area contributed by atoms with Crippen LogP contribution in [-0.2, 0) is 4.74 Å². The summed E-state index contributed by atoms with van der Waals surface area (Å²) in [6.07, 6.45) is 2.39. The van der Waals surface area contributed by atoms with E-state index in [0.717, 1.165) is 16.8 Å². The van der Waals surface area contributed by atoms with Crippen LogP contribution in [0.1, 0.15) is 45.1 Å². The number of hydrogen-bond acceptors (Lipinski definition) is 3. The molecule has 0 spiro atoms. The molecule has 124 valence electrons. The van der Waals surface area contributed by atoms with Crippen LogP contribution in [0.2, 0.25) is 5.02 Å². The summed E-state index contributed by atoms with van der Waals surface area (Å²) in [4.78, 5) is 0. The van der Waals surface area contributed by atoms with Gasteiger partial charge in [-0.05, 0) is 44.4 Å². The van der Waals surface area contributed by atoms with E-state index in [4.69, 9.17) is 21.7 Å². The van der Waals surface area contributed by atoms with Gasteiger partial charge in [0, 0.05) is 28.3 Å². The van der Waals surface area contributed by atoms with E-state index in [2.05, 4.69) is 18.8 Å². The van der Waals surface area contributed by atoms with E-state index in [1.807, 2.05) is 38.1 Å². The largest absolute Gasteiger partial charge is 0.492 e. The molecule has 1 atom stereocenters. The predicted molar refractivity (Wildman–Crippen MR) is 97.2 cm³/mol. The third-order valence-electron chi connectivity index (χ3n) is 4.07. The van der Waals surface area contributed by atoms with Gasteiger partial charge in [0.2, 0.25) is 0 Å². The number of benzene rings is 1. The molecule has 0 bridgehead atoms. The average molecular weight is 333 g/mol. The molecule has 4 heteroatoms. The molecular formula is C19H25ClN2O. The Morgan fingerprint density at radius 1 is 1.39 bits per heavy atom.